The van der Waals surface area contributed by atoms with Gasteiger partial charge in [-0.15, -0.1) is 0 Å². The lowest BCUT2D eigenvalue weighted by atomic mass is 9.95. The summed E-state index contributed by atoms with van der Waals surface area (Å²) in [6, 6.07) is 0. The monoisotopic (exact) mass is 264 g/mol. The van der Waals surface area contributed by atoms with Gasteiger partial charge in [0.15, 0.2) is 0 Å². The van der Waals surface area contributed by atoms with Crippen LogP contribution in [0.3, 0.4) is 0 Å². The second kappa shape index (κ2) is 11.3. The number of rotatable bonds is 0. The molecule has 0 spiro atoms. The van der Waals surface area contributed by atoms with E-state index in [1.165, 1.54) is 57.8 Å². The first kappa shape index (κ1) is 16.5. The Morgan fingerprint density at radius 1 is 0.789 bits per heavy atom. The number of ketones is 1. The molecule has 0 aliphatic heterocycles. The Bertz CT molecular complexity index is 254. The minimum absolute atomic E-state index is 0.282. The highest BCUT2D eigenvalue weighted by atomic mass is 16.1. The Kier molecular flexibility index (Phi) is 9.75. The zero-order valence-electron chi connectivity index (χ0n) is 12.8. The van der Waals surface area contributed by atoms with Crippen molar-refractivity contribution >= 4 is 5.78 Å². The van der Waals surface area contributed by atoms with E-state index in [4.69, 9.17) is 0 Å². The van der Waals surface area contributed by atoms with E-state index < -0.39 is 0 Å². The molecule has 0 heterocycles. The second-order valence-electron chi connectivity index (χ2n) is 6.14. The molecule has 0 bridgehead atoms. The van der Waals surface area contributed by atoms with Gasteiger partial charge < -0.3 is 0 Å². The predicted molar refractivity (Wildman–Crippen MR) is 83.3 cm³/mol. The minimum Gasteiger partial charge on any atom is -0.299 e. The largest absolute Gasteiger partial charge is 0.299 e. The first-order chi connectivity index (χ1) is 9.30. The van der Waals surface area contributed by atoms with Gasteiger partial charge in [0.1, 0.15) is 5.78 Å². The van der Waals surface area contributed by atoms with Gasteiger partial charge >= 0.3 is 0 Å². The first-order valence-electron chi connectivity index (χ1n) is 8.48. The molecule has 1 aliphatic rings. The molecule has 19 heavy (non-hydrogen) atoms. The molecule has 0 fully saturated rings. The third-order valence-electron chi connectivity index (χ3n) is 4.27. The van der Waals surface area contributed by atoms with Crippen molar-refractivity contribution in [3.63, 3.8) is 0 Å². The van der Waals surface area contributed by atoms with E-state index in [1.807, 2.05) is 0 Å². The molecule has 1 heteroatoms. The van der Waals surface area contributed by atoms with Crippen molar-refractivity contribution in [2.75, 3.05) is 0 Å². The Morgan fingerprint density at radius 3 is 2.00 bits per heavy atom. The van der Waals surface area contributed by atoms with Crippen molar-refractivity contribution in [1.82, 2.24) is 0 Å². The SMILES string of the molecule is CC1CCC/C=C\CCCCCCCCCCC1=O. The van der Waals surface area contributed by atoms with E-state index in [1.54, 1.807) is 0 Å². The van der Waals surface area contributed by atoms with Gasteiger partial charge in [-0.2, -0.15) is 0 Å². The summed E-state index contributed by atoms with van der Waals surface area (Å²) in [5.41, 5.74) is 0. The lowest BCUT2D eigenvalue weighted by molar-refractivity contribution is -0.122. The summed E-state index contributed by atoms with van der Waals surface area (Å²) < 4.78 is 0. The number of Topliss-reactive ketones (excluding diaryl/α,β-unsaturated/α-hetero) is 1. The number of allylic oxidation sites excluding steroid dienone is 2. The normalized spacial score (nSPS) is 27.6. The summed E-state index contributed by atoms with van der Waals surface area (Å²) >= 11 is 0. The van der Waals surface area contributed by atoms with Crippen LogP contribution in [0, 0.1) is 5.92 Å². The van der Waals surface area contributed by atoms with Gasteiger partial charge in [-0.25, -0.2) is 0 Å². The van der Waals surface area contributed by atoms with Crippen molar-refractivity contribution < 1.29 is 4.79 Å². The maximum absolute atomic E-state index is 11.9. The van der Waals surface area contributed by atoms with Crippen LogP contribution >= 0.6 is 0 Å². The molecule has 0 aromatic rings. The van der Waals surface area contributed by atoms with Crippen LogP contribution in [0.4, 0.5) is 0 Å². The van der Waals surface area contributed by atoms with Gasteiger partial charge in [0.25, 0.3) is 0 Å². The Morgan fingerprint density at radius 2 is 1.32 bits per heavy atom. The highest BCUT2D eigenvalue weighted by Crippen LogP contribution is 2.16. The predicted octanol–water partition coefficient (Wildman–Crippen LogP) is 5.83. The molecule has 1 unspecified atom stereocenters. The van der Waals surface area contributed by atoms with Crippen LogP contribution in [-0.4, -0.2) is 5.78 Å². The molecule has 0 saturated carbocycles. The molecule has 110 valence electrons. The minimum atomic E-state index is 0.282. The fraction of sp³-hybridized carbons (Fsp3) is 0.833. The van der Waals surface area contributed by atoms with Crippen LogP contribution in [0.1, 0.15) is 90.4 Å². The van der Waals surface area contributed by atoms with E-state index in [2.05, 4.69) is 19.1 Å². The van der Waals surface area contributed by atoms with Gasteiger partial charge in [-0.05, 0) is 38.5 Å². The van der Waals surface area contributed by atoms with E-state index >= 15 is 0 Å². The van der Waals surface area contributed by atoms with E-state index in [0.717, 1.165) is 25.7 Å². The summed E-state index contributed by atoms with van der Waals surface area (Å²) in [7, 11) is 0. The smallest absolute Gasteiger partial charge is 0.135 e. The highest BCUT2D eigenvalue weighted by Gasteiger charge is 2.11. The molecule has 0 amide bonds. The lowest BCUT2D eigenvalue weighted by Crippen LogP contribution is -2.10. The van der Waals surface area contributed by atoms with Crippen molar-refractivity contribution in [2.45, 2.75) is 90.4 Å². The van der Waals surface area contributed by atoms with Crippen molar-refractivity contribution in [3.05, 3.63) is 12.2 Å². The van der Waals surface area contributed by atoms with Crippen molar-refractivity contribution in [3.8, 4) is 0 Å². The van der Waals surface area contributed by atoms with Crippen LogP contribution in [0.2, 0.25) is 0 Å². The van der Waals surface area contributed by atoms with Gasteiger partial charge in [0.05, 0.1) is 0 Å². The Balaban J connectivity index is 2.28. The summed E-state index contributed by atoms with van der Waals surface area (Å²) in [5.74, 6) is 0.775. The summed E-state index contributed by atoms with van der Waals surface area (Å²) in [4.78, 5) is 11.9. The zero-order chi connectivity index (χ0) is 13.8. The standard InChI is InChI=1S/C18H32O/c1-17-15-13-11-9-7-5-3-2-4-6-8-10-12-14-16-18(17)19/h7,9,17H,2-6,8,10-16H2,1H3/b9-7-. The summed E-state index contributed by atoms with van der Waals surface area (Å²) in [6.45, 7) is 2.11. The topological polar surface area (TPSA) is 17.1 Å². The Labute approximate surface area is 119 Å². The average Bonchev–Trinajstić information content (AvgIpc) is 2.41. The number of hydrogen-bond donors (Lipinski definition) is 0. The first-order valence-corrected chi connectivity index (χ1v) is 8.48. The maximum Gasteiger partial charge on any atom is 0.135 e. The third kappa shape index (κ3) is 9.02. The van der Waals surface area contributed by atoms with E-state index in [0.29, 0.717) is 5.78 Å². The maximum atomic E-state index is 11.9. The van der Waals surface area contributed by atoms with Crippen LogP contribution in [0.5, 0.6) is 0 Å². The van der Waals surface area contributed by atoms with Gasteiger partial charge in [-0.1, -0.05) is 57.6 Å². The molecule has 1 atom stereocenters. The second-order valence-corrected chi connectivity index (χ2v) is 6.14. The quantitative estimate of drug-likeness (QED) is 0.503. The fourth-order valence-corrected chi connectivity index (χ4v) is 2.81. The number of carbonyl (C=O) groups is 1. The molecule has 1 rings (SSSR count). The molecule has 0 N–H and O–H groups in total. The molecule has 0 radical (unpaired) electrons. The van der Waals surface area contributed by atoms with E-state index in [-0.39, 0.29) is 5.92 Å². The van der Waals surface area contributed by atoms with Crippen LogP contribution in [0.25, 0.3) is 0 Å². The van der Waals surface area contributed by atoms with Crippen LogP contribution < -0.4 is 0 Å². The molecular formula is C18H32O. The molecular weight excluding hydrogens is 232 g/mol. The molecule has 1 nitrogen and oxygen atoms in total. The molecule has 0 aromatic carbocycles. The molecule has 0 aromatic heterocycles. The van der Waals surface area contributed by atoms with Crippen molar-refractivity contribution in [1.29, 1.82) is 0 Å². The average molecular weight is 264 g/mol. The fourth-order valence-electron chi connectivity index (χ4n) is 2.81. The zero-order valence-corrected chi connectivity index (χ0v) is 12.8. The third-order valence-corrected chi connectivity index (χ3v) is 4.27. The van der Waals surface area contributed by atoms with Crippen LogP contribution in [-0.2, 0) is 4.79 Å². The number of carbonyl (C=O) groups excluding carboxylic acids is 1. The highest BCUT2D eigenvalue weighted by molar-refractivity contribution is 5.80. The van der Waals surface area contributed by atoms with Gasteiger partial charge in [0, 0.05) is 12.3 Å². The molecule has 0 saturated heterocycles. The Hall–Kier alpha value is -0.590. The van der Waals surface area contributed by atoms with E-state index in [9.17, 15) is 4.79 Å². The number of hydrogen-bond acceptors (Lipinski definition) is 1. The lowest BCUT2D eigenvalue weighted by Gasteiger charge is -2.09. The summed E-state index contributed by atoms with van der Waals surface area (Å²) in [6.07, 6.45) is 20.7. The van der Waals surface area contributed by atoms with Crippen LogP contribution in [0.15, 0.2) is 12.2 Å². The molecule has 1 aliphatic carbocycles. The van der Waals surface area contributed by atoms with Gasteiger partial charge in [0.2, 0.25) is 0 Å². The van der Waals surface area contributed by atoms with Gasteiger partial charge in [-0.3, -0.25) is 4.79 Å². The summed E-state index contributed by atoms with van der Waals surface area (Å²) in [5, 5.41) is 0. The van der Waals surface area contributed by atoms with Crippen molar-refractivity contribution in [2.24, 2.45) is 5.92 Å².